The summed E-state index contributed by atoms with van der Waals surface area (Å²) >= 11 is 3.38. The Hall–Kier alpha value is -0.450. The molecule has 1 aromatic carbocycles. The van der Waals surface area contributed by atoms with Crippen molar-refractivity contribution in [3.63, 3.8) is 0 Å². The molecule has 96 valence electrons. The van der Waals surface area contributed by atoms with E-state index in [9.17, 15) is 9.50 Å². The summed E-state index contributed by atoms with van der Waals surface area (Å²) in [4.78, 5) is 0. The number of aliphatic hydroxyl groups is 1. The zero-order valence-electron chi connectivity index (χ0n) is 10.2. The number of halogens is 2. The zero-order chi connectivity index (χ0) is 12.8. The Morgan fingerprint density at radius 2 is 2.12 bits per heavy atom. The van der Waals surface area contributed by atoms with Gasteiger partial charge in [0.1, 0.15) is 5.82 Å². The van der Waals surface area contributed by atoms with Crippen LogP contribution in [0.25, 0.3) is 0 Å². The lowest BCUT2D eigenvalue weighted by atomic mass is 10.0. The molecule has 1 aromatic rings. The minimum absolute atomic E-state index is 0.0603. The van der Waals surface area contributed by atoms with Crippen LogP contribution in [0.4, 0.5) is 4.39 Å². The van der Waals surface area contributed by atoms with Gasteiger partial charge in [-0.1, -0.05) is 29.8 Å². The summed E-state index contributed by atoms with van der Waals surface area (Å²) in [6, 6.07) is 4.68. The van der Waals surface area contributed by atoms with Crippen molar-refractivity contribution in [2.75, 3.05) is 6.61 Å². The lowest BCUT2D eigenvalue weighted by Crippen LogP contribution is -2.33. The second kappa shape index (κ2) is 7.09. The molecule has 0 aromatic heterocycles. The Morgan fingerprint density at radius 1 is 1.41 bits per heavy atom. The quantitative estimate of drug-likeness (QED) is 0.846. The average molecular weight is 304 g/mol. The molecule has 17 heavy (non-hydrogen) atoms. The first-order valence-corrected chi connectivity index (χ1v) is 6.60. The molecule has 1 unspecified atom stereocenters. The number of nitrogens with one attached hydrogen (secondary N) is 1. The molecule has 0 heterocycles. The first kappa shape index (κ1) is 14.6. The van der Waals surface area contributed by atoms with Crippen LogP contribution < -0.4 is 5.32 Å². The fraction of sp³-hybridized carbons (Fsp3) is 0.538. The minimum Gasteiger partial charge on any atom is -0.395 e. The Balaban J connectivity index is 2.56. The third-order valence-electron chi connectivity index (χ3n) is 2.57. The molecule has 0 radical (unpaired) electrons. The van der Waals surface area contributed by atoms with E-state index in [0.717, 1.165) is 16.5 Å². The lowest BCUT2D eigenvalue weighted by Gasteiger charge is -2.18. The summed E-state index contributed by atoms with van der Waals surface area (Å²) < 4.78 is 13.9. The normalized spacial score (nSPS) is 13.1. The first-order chi connectivity index (χ1) is 8.02. The highest BCUT2D eigenvalue weighted by molar-refractivity contribution is 9.10. The molecule has 4 heteroatoms. The molecule has 1 atom stereocenters. The highest BCUT2D eigenvalue weighted by Crippen LogP contribution is 2.18. The molecule has 0 amide bonds. The van der Waals surface area contributed by atoms with Gasteiger partial charge >= 0.3 is 0 Å². The highest BCUT2D eigenvalue weighted by atomic mass is 79.9. The van der Waals surface area contributed by atoms with Crippen LogP contribution >= 0.6 is 15.9 Å². The van der Waals surface area contributed by atoms with Gasteiger partial charge in [0, 0.05) is 17.1 Å². The van der Waals surface area contributed by atoms with Gasteiger partial charge in [-0.05, 0) is 36.1 Å². The van der Waals surface area contributed by atoms with Crippen molar-refractivity contribution < 1.29 is 9.50 Å². The van der Waals surface area contributed by atoms with Gasteiger partial charge in [-0.2, -0.15) is 0 Å². The van der Waals surface area contributed by atoms with E-state index in [1.165, 1.54) is 12.1 Å². The van der Waals surface area contributed by atoms with Crippen molar-refractivity contribution in [1.82, 2.24) is 5.32 Å². The molecular formula is C13H19BrFNO. The molecular weight excluding hydrogens is 285 g/mol. The summed E-state index contributed by atoms with van der Waals surface area (Å²) in [6.45, 7) is 4.88. The standard InChI is InChI=1S/C13H19BrFNO/c1-9(2)5-12(8-17)16-7-10-6-11(15)3-4-13(10)14/h3-4,6,9,12,16-17H,5,7-8H2,1-2H3. The molecule has 0 fully saturated rings. The maximum atomic E-state index is 13.1. The van der Waals surface area contributed by atoms with Crippen LogP contribution in [-0.4, -0.2) is 17.8 Å². The topological polar surface area (TPSA) is 32.3 Å². The van der Waals surface area contributed by atoms with E-state index in [0.29, 0.717) is 12.5 Å². The summed E-state index contributed by atoms with van der Waals surface area (Å²) in [6.07, 6.45) is 0.906. The predicted molar refractivity (Wildman–Crippen MR) is 71.3 cm³/mol. The van der Waals surface area contributed by atoms with Gasteiger partial charge in [0.15, 0.2) is 0 Å². The molecule has 2 nitrogen and oxygen atoms in total. The third-order valence-corrected chi connectivity index (χ3v) is 3.34. The van der Waals surface area contributed by atoms with E-state index < -0.39 is 0 Å². The number of rotatable bonds is 6. The number of hydrogen-bond acceptors (Lipinski definition) is 2. The van der Waals surface area contributed by atoms with Crippen molar-refractivity contribution >= 4 is 15.9 Å². The zero-order valence-corrected chi connectivity index (χ0v) is 11.8. The summed E-state index contributed by atoms with van der Waals surface area (Å²) in [5.74, 6) is 0.282. The van der Waals surface area contributed by atoms with Crippen molar-refractivity contribution in [3.8, 4) is 0 Å². The molecule has 0 bridgehead atoms. The maximum Gasteiger partial charge on any atom is 0.123 e. The lowest BCUT2D eigenvalue weighted by molar-refractivity contribution is 0.223. The van der Waals surface area contributed by atoms with E-state index in [-0.39, 0.29) is 18.5 Å². The summed E-state index contributed by atoms with van der Waals surface area (Å²) in [7, 11) is 0. The van der Waals surface area contributed by atoms with Crippen LogP contribution in [0.2, 0.25) is 0 Å². The van der Waals surface area contributed by atoms with Crippen LogP contribution in [0.3, 0.4) is 0 Å². The van der Waals surface area contributed by atoms with Crippen LogP contribution in [0.1, 0.15) is 25.8 Å². The smallest absolute Gasteiger partial charge is 0.123 e. The van der Waals surface area contributed by atoms with E-state index in [4.69, 9.17) is 0 Å². The Kier molecular flexibility index (Phi) is 6.09. The minimum atomic E-state index is -0.241. The maximum absolute atomic E-state index is 13.1. The van der Waals surface area contributed by atoms with E-state index in [2.05, 4.69) is 35.1 Å². The van der Waals surface area contributed by atoms with E-state index in [1.54, 1.807) is 6.07 Å². The van der Waals surface area contributed by atoms with E-state index in [1.807, 2.05) is 0 Å². The molecule has 0 saturated carbocycles. The molecule has 2 N–H and O–H groups in total. The molecule has 0 aliphatic carbocycles. The van der Waals surface area contributed by atoms with Gasteiger partial charge in [0.2, 0.25) is 0 Å². The van der Waals surface area contributed by atoms with Gasteiger partial charge in [-0.3, -0.25) is 0 Å². The van der Waals surface area contributed by atoms with Gasteiger partial charge in [0.25, 0.3) is 0 Å². The second-order valence-electron chi connectivity index (χ2n) is 4.63. The molecule has 0 aliphatic heterocycles. The van der Waals surface area contributed by atoms with Crippen molar-refractivity contribution in [3.05, 3.63) is 34.1 Å². The fourth-order valence-corrected chi connectivity index (χ4v) is 2.11. The molecule has 0 saturated heterocycles. The third kappa shape index (κ3) is 5.15. The van der Waals surface area contributed by atoms with Crippen molar-refractivity contribution in [2.45, 2.75) is 32.9 Å². The van der Waals surface area contributed by atoms with Crippen molar-refractivity contribution in [1.29, 1.82) is 0 Å². The second-order valence-corrected chi connectivity index (χ2v) is 5.48. The number of hydrogen-bond donors (Lipinski definition) is 2. The van der Waals surface area contributed by atoms with Crippen LogP contribution in [-0.2, 0) is 6.54 Å². The van der Waals surface area contributed by atoms with Gasteiger partial charge < -0.3 is 10.4 Å². The first-order valence-electron chi connectivity index (χ1n) is 5.81. The fourth-order valence-electron chi connectivity index (χ4n) is 1.72. The van der Waals surface area contributed by atoms with Crippen LogP contribution in [0, 0.1) is 11.7 Å². The van der Waals surface area contributed by atoms with E-state index >= 15 is 0 Å². The molecule has 1 rings (SSSR count). The number of benzene rings is 1. The Bertz CT molecular complexity index is 357. The molecule has 0 aliphatic rings. The highest BCUT2D eigenvalue weighted by Gasteiger charge is 2.10. The van der Waals surface area contributed by atoms with Gasteiger partial charge in [0.05, 0.1) is 6.61 Å². The Morgan fingerprint density at radius 3 is 2.71 bits per heavy atom. The van der Waals surface area contributed by atoms with Crippen molar-refractivity contribution in [2.24, 2.45) is 5.92 Å². The monoisotopic (exact) mass is 303 g/mol. The van der Waals surface area contributed by atoms with Gasteiger partial charge in [-0.25, -0.2) is 4.39 Å². The molecule has 0 spiro atoms. The predicted octanol–water partition coefficient (Wildman–Crippen LogP) is 3.08. The van der Waals surface area contributed by atoms with Gasteiger partial charge in [-0.15, -0.1) is 0 Å². The largest absolute Gasteiger partial charge is 0.395 e. The SMILES string of the molecule is CC(C)CC(CO)NCc1cc(F)ccc1Br. The number of aliphatic hydroxyl groups excluding tert-OH is 1. The van der Waals surface area contributed by atoms with Crippen LogP contribution in [0.15, 0.2) is 22.7 Å². The summed E-state index contributed by atoms with van der Waals surface area (Å²) in [5.41, 5.74) is 0.868. The summed E-state index contributed by atoms with van der Waals surface area (Å²) in [5, 5.41) is 12.5. The van der Waals surface area contributed by atoms with Crippen LogP contribution in [0.5, 0.6) is 0 Å². The Labute approximate surface area is 110 Å². The average Bonchev–Trinajstić information content (AvgIpc) is 2.28.